The van der Waals surface area contributed by atoms with Gasteiger partial charge in [-0.25, -0.2) is 4.39 Å². The third kappa shape index (κ3) is 3.00. The number of nitro benzene ring substituents is 1. The molecule has 0 aliphatic heterocycles. The van der Waals surface area contributed by atoms with Crippen molar-refractivity contribution in [3.63, 3.8) is 0 Å². The van der Waals surface area contributed by atoms with E-state index in [1.807, 2.05) is 0 Å². The first-order valence-corrected chi connectivity index (χ1v) is 6.17. The average Bonchev–Trinajstić information content (AvgIpc) is 2.42. The predicted octanol–water partition coefficient (Wildman–Crippen LogP) is 4.10. The van der Waals surface area contributed by atoms with Crippen molar-refractivity contribution in [1.29, 1.82) is 0 Å². The van der Waals surface area contributed by atoms with Gasteiger partial charge in [0.25, 0.3) is 5.69 Å². The van der Waals surface area contributed by atoms with E-state index in [1.54, 1.807) is 0 Å². The maximum atomic E-state index is 13.0. The van der Waals surface area contributed by atoms with Gasteiger partial charge in [-0.2, -0.15) is 0 Å². The number of nitrogens with zero attached hydrogens (tertiary/aromatic N) is 1. The van der Waals surface area contributed by atoms with E-state index in [0.29, 0.717) is 10.8 Å². The van der Waals surface area contributed by atoms with Crippen LogP contribution in [0.2, 0.25) is 0 Å². The molecule has 5 nitrogen and oxygen atoms in total. The molecule has 2 aromatic rings. The molecule has 0 saturated heterocycles. The Balaban J connectivity index is 2.41. The van der Waals surface area contributed by atoms with Gasteiger partial charge in [0.05, 0.1) is 21.0 Å². The quantitative estimate of drug-likeness (QED) is 0.477. The smallest absolute Gasteiger partial charge is 0.273 e. The Bertz CT molecular complexity index is 690. The average molecular weight is 340 g/mol. The Hall–Kier alpha value is -2.28. The lowest BCUT2D eigenvalue weighted by Crippen LogP contribution is -1.94. The van der Waals surface area contributed by atoms with Gasteiger partial charge in [-0.1, -0.05) is 0 Å². The predicted molar refractivity (Wildman–Crippen MR) is 72.7 cm³/mol. The molecule has 0 aliphatic carbocycles. The second-order valence-corrected chi connectivity index (χ2v) is 4.63. The van der Waals surface area contributed by atoms with E-state index in [0.717, 1.165) is 12.1 Å². The van der Waals surface area contributed by atoms with E-state index in [-0.39, 0.29) is 22.7 Å². The largest absolute Gasteiger partial charge is 0.455 e. The van der Waals surface area contributed by atoms with Crippen molar-refractivity contribution in [3.8, 4) is 11.5 Å². The van der Waals surface area contributed by atoms with Gasteiger partial charge in [0, 0.05) is 6.07 Å². The van der Waals surface area contributed by atoms with E-state index in [9.17, 15) is 19.3 Å². The number of halogens is 2. The van der Waals surface area contributed by atoms with Crippen LogP contribution in [0.4, 0.5) is 10.1 Å². The Labute approximate surface area is 121 Å². The van der Waals surface area contributed by atoms with Gasteiger partial charge in [0.15, 0.2) is 6.29 Å². The van der Waals surface area contributed by atoms with Crippen LogP contribution in [0.25, 0.3) is 0 Å². The Kier molecular flexibility index (Phi) is 4.09. The van der Waals surface area contributed by atoms with Crippen LogP contribution in [0.15, 0.2) is 40.9 Å². The van der Waals surface area contributed by atoms with Crippen molar-refractivity contribution in [2.24, 2.45) is 0 Å². The lowest BCUT2D eigenvalue weighted by Gasteiger charge is -2.09. The maximum Gasteiger partial charge on any atom is 0.273 e. The minimum Gasteiger partial charge on any atom is -0.455 e. The molecule has 0 saturated carbocycles. The molecule has 0 spiro atoms. The van der Waals surface area contributed by atoms with Crippen LogP contribution in [0.5, 0.6) is 11.5 Å². The summed E-state index contributed by atoms with van der Waals surface area (Å²) in [6, 6.07) is 7.41. The number of non-ortho nitro benzene ring substituents is 1. The Morgan fingerprint density at radius 1 is 1.20 bits per heavy atom. The van der Waals surface area contributed by atoms with E-state index >= 15 is 0 Å². The summed E-state index contributed by atoms with van der Waals surface area (Å²) in [7, 11) is 0. The number of hydrogen-bond acceptors (Lipinski definition) is 4. The van der Waals surface area contributed by atoms with Crippen LogP contribution in [0, 0.1) is 15.9 Å². The molecule has 2 rings (SSSR count). The highest BCUT2D eigenvalue weighted by Gasteiger charge is 2.13. The zero-order valence-electron chi connectivity index (χ0n) is 9.88. The number of carbonyl (C=O) groups excluding carboxylic acids is 1. The van der Waals surface area contributed by atoms with E-state index in [2.05, 4.69) is 15.9 Å². The molecule has 0 atom stereocenters. The van der Waals surface area contributed by atoms with Gasteiger partial charge < -0.3 is 4.74 Å². The van der Waals surface area contributed by atoms with Gasteiger partial charge in [-0.3, -0.25) is 14.9 Å². The van der Waals surface area contributed by atoms with Crippen molar-refractivity contribution in [2.45, 2.75) is 0 Å². The molecule has 0 aliphatic rings. The number of benzene rings is 2. The third-order valence-electron chi connectivity index (χ3n) is 2.44. The summed E-state index contributed by atoms with van der Waals surface area (Å²) in [6.07, 6.45) is 0.448. The summed E-state index contributed by atoms with van der Waals surface area (Å²) in [5, 5.41) is 10.7. The lowest BCUT2D eigenvalue weighted by molar-refractivity contribution is -0.384. The molecule has 2 aromatic carbocycles. The van der Waals surface area contributed by atoms with Crippen molar-refractivity contribution in [1.82, 2.24) is 0 Å². The van der Waals surface area contributed by atoms with Crippen LogP contribution >= 0.6 is 15.9 Å². The van der Waals surface area contributed by atoms with Crippen LogP contribution in [-0.4, -0.2) is 11.2 Å². The van der Waals surface area contributed by atoms with E-state index in [1.165, 1.54) is 24.3 Å². The van der Waals surface area contributed by atoms with Crippen LogP contribution in [-0.2, 0) is 0 Å². The maximum absolute atomic E-state index is 13.0. The fourth-order valence-corrected chi connectivity index (χ4v) is 1.83. The van der Waals surface area contributed by atoms with E-state index < -0.39 is 10.7 Å². The van der Waals surface area contributed by atoms with Gasteiger partial charge in [0.2, 0.25) is 0 Å². The van der Waals surface area contributed by atoms with Crippen LogP contribution < -0.4 is 4.74 Å². The van der Waals surface area contributed by atoms with Crippen molar-refractivity contribution in [3.05, 3.63) is 62.4 Å². The minimum atomic E-state index is -0.572. The number of rotatable bonds is 4. The molecule has 0 N–H and O–H groups in total. The van der Waals surface area contributed by atoms with Gasteiger partial charge in [0.1, 0.15) is 17.3 Å². The molecule has 102 valence electrons. The highest BCUT2D eigenvalue weighted by molar-refractivity contribution is 9.10. The standard InChI is InChI=1S/C13H7BrFNO4/c14-11-3-2-10(16(18)19)6-13(11)20-12-4-1-9(15)5-8(12)7-17/h1-7H. The summed E-state index contributed by atoms with van der Waals surface area (Å²) >= 11 is 3.19. The first-order valence-electron chi connectivity index (χ1n) is 5.38. The second kappa shape index (κ2) is 5.79. The summed E-state index contributed by atoms with van der Waals surface area (Å²) < 4.78 is 18.9. The molecule has 0 fully saturated rings. The number of nitro groups is 1. The summed E-state index contributed by atoms with van der Waals surface area (Å²) in [6.45, 7) is 0. The zero-order chi connectivity index (χ0) is 14.7. The molecular formula is C13H7BrFNO4. The number of carbonyl (C=O) groups is 1. The van der Waals surface area contributed by atoms with E-state index in [4.69, 9.17) is 4.74 Å². The Morgan fingerprint density at radius 2 is 1.95 bits per heavy atom. The normalized spacial score (nSPS) is 10.1. The molecular weight excluding hydrogens is 333 g/mol. The second-order valence-electron chi connectivity index (χ2n) is 3.77. The molecule has 0 unspecified atom stereocenters. The molecule has 0 heterocycles. The number of hydrogen-bond donors (Lipinski definition) is 0. The summed E-state index contributed by atoms with van der Waals surface area (Å²) in [5.74, 6) is -0.297. The van der Waals surface area contributed by atoms with Gasteiger partial charge in [-0.05, 0) is 40.2 Å². The third-order valence-corrected chi connectivity index (χ3v) is 3.10. The molecule has 0 aromatic heterocycles. The highest BCUT2D eigenvalue weighted by Crippen LogP contribution is 2.34. The number of aldehydes is 1. The zero-order valence-corrected chi connectivity index (χ0v) is 11.5. The van der Waals surface area contributed by atoms with Crippen LogP contribution in [0.1, 0.15) is 10.4 Å². The van der Waals surface area contributed by atoms with Crippen molar-refractivity contribution >= 4 is 27.9 Å². The monoisotopic (exact) mass is 339 g/mol. The first kappa shape index (κ1) is 14.1. The van der Waals surface area contributed by atoms with Gasteiger partial charge in [-0.15, -0.1) is 0 Å². The summed E-state index contributed by atoms with van der Waals surface area (Å²) in [5.41, 5.74) is -0.138. The summed E-state index contributed by atoms with van der Waals surface area (Å²) in [4.78, 5) is 21.0. The minimum absolute atomic E-state index is 0.0170. The molecule has 20 heavy (non-hydrogen) atoms. The topological polar surface area (TPSA) is 69.4 Å². The molecule has 0 radical (unpaired) electrons. The van der Waals surface area contributed by atoms with Gasteiger partial charge >= 0.3 is 0 Å². The molecule has 0 bridgehead atoms. The highest BCUT2D eigenvalue weighted by atomic mass is 79.9. The molecule has 0 amide bonds. The Morgan fingerprint density at radius 3 is 2.60 bits per heavy atom. The lowest BCUT2D eigenvalue weighted by atomic mass is 10.2. The fourth-order valence-electron chi connectivity index (χ4n) is 1.51. The SMILES string of the molecule is O=Cc1cc(F)ccc1Oc1cc([N+](=O)[O-])ccc1Br. The van der Waals surface area contributed by atoms with Crippen molar-refractivity contribution in [2.75, 3.05) is 0 Å². The molecule has 7 heteroatoms. The van der Waals surface area contributed by atoms with Crippen molar-refractivity contribution < 1.29 is 18.8 Å². The van der Waals surface area contributed by atoms with Crippen LogP contribution in [0.3, 0.4) is 0 Å². The first-order chi connectivity index (χ1) is 9.51. The fraction of sp³-hybridized carbons (Fsp3) is 0. The number of ether oxygens (including phenoxy) is 1.